The summed E-state index contributed by atoms with van der Waals surface area (Å²) < 4.78 is 2.24. The van der Waals surface area contributed by atoms with Crippen molar-refractivity contribution in [3.63, 3.8) is 0 Å². The van der Waals surface area contributed by atoms with Crippen LogP contribution in [0.3, 0.4) is 0 Å². The topological polar surface area (TPSA) is 71.1 Å². The van der Waals surface area contributed by atoms with Gasteiger partial charge in [0.15, 0.2) is 4.34 Å². The van der Waals surface area contributed by atoms with Crippen LogP contribution in [0, 0.1) is 0 Å². The molecule has 144 valence electrons. The molecule has 1 aromatic heterocycles. The van der Waals surface area contributed by atoms with Gasteiger partial charge in [-0.15, -0.1) is 11.3 Å². The first-order valence-electron chi connectivity index (χ1n) is 9.35. The van der Waals surface area contributed by atoms with E-state index in [0.29, 0.717) is 18.5 Å². The van der Waals surface area contributed by atoms with Crippen LogP contribution in [-0.4, -0.2) is 29.4 Å². The van der Waals surface area contributed by atoms with Crippen LogP contribution in [0.5, 0.6) is 0 Å². The molecule has 0 bridgehead atoms. The van der Waals surface area contributed by atoms with Crippen LogP contribution in [0.25, 0.3) is 10.2 Å². The van der Waals surface area contributed by atoms with Gasteiger partial charge in [-0.1, -0.05) is 36.0 Å². The molecule has 7 heteroatoms. The summed E-state index contributed by atoms with van der Waals surface area (Å²) in [6.45, 7) is 0.687. The second kappa shape index (κ2) is 8.75. The lowest BCUT2D eigenvalue weighted by molar-refractivity contribution is -0.122. The molecule has 1 atom stereocenters. The number of para-hydroxylation sites is 1. The average Bonchev–Trinajstić information content (AvgIpc) is 3.03. The number of thioether (sulfide) groups is 1. The number of thiazole rings is 1. The molecule has 0 radical (unpaired) electrons. The smallest absolute Gasteiger partial charge is 0.251 e. The second-order valence-electron chi connectivity index (χ2n) is 6.75. The van der Waals surface area contributed by atoms with Crippen molar-refractivity contribution in [1.29, 1.82) is 0 Å². The average molecular weight is 412 g/mol. The van der Waals surface area contributed by atoms with E-state index >= 15 is 0 Å². The van der Waals surface area contributed by atoms with Gasteiger partial charge in [-0.3, -0.25) is 9.59 Å². The lowest BCUT2D eigenvalue weighted by Gasteiger charge is -2.15. The Balaban J connectivity index is 1.35. The Morgan fingerprint density at radius 3 is 2.82 bits per heavy atom. The first kappa shape index (κ1) is 19.0. The largest absolute Gasteiger partial charge is 0.354 e. The van der Waals surface area contributed by atoms with Crippen molar-refractivity contribution >= 4 is 45.1 Å². The first-order chi connectivity index (χ1) is 13.7. The summed E-state index contributed by atoms with van der Waals surface area (Å²) in [6, 6.07) is 15.2. The molecule has 2 N–H and O–H groups in total. The van der Waals surface area contributed by atoms with Gasteiger partial charge in [0.05, 0.1) is 10.2 Å². The van der Waals surface area contributed by atoms with E-state index in [1.807, 2.05) is 42.5 Å². The highest BCUT2D eigenvalue weighted by atomic mass is 32.2. The van der Waals surface area contributed by atoms with Gasteiger partial charge < -0.3 is 10.6 Å². The summed E-state index contributed by atoms with van der Waals surface area (Å²) in [6.07, 6.45) is 2.58. The molecule has 5 nitrogen and oxygen atoms in total. The van der Waals surface area contributed by atoms with Gasteiger partial charge in [-0.05, 0) is 49.1 Å². The minimum absolute atomic E-state index is 0.0882. The van der Waals surface area contributed by atoms with Crippen LogP contribution in [0.15, 0.2) is 52.9 Å². The standard InChI is InChI=1S/C21H21N3O2S2/c25-19(23-17-6-3-4-12-22-20(17)26)15-10-8-14(9-11-15)13-27-21-24-16-5-1-2-7-18(16)28-21/h1-2,5,7-11,17H,3-4,6,12-13H2,(H,22,26)(H,23,25). The zero-order valence-electron chi connectivity index (χ0n) is 15.3. The van der Waals surface area contributed by atoms with Crippen molar-refractivity contribution in [3.8, 4) is 0 Å². The molecule has 3 aromatic rings. The number of carbonyl (C=O) groups excluding carboxylic acids is 2. The van der Waals surface area contributed by atoms with E-state index in [1.165, 1.54) is 4.70 Å². The van der Waals surface area contributed by atoms with Crippen molar-refractivity contribution in [1.82, 2.24) is 15.6 Å². The van der Waals surface area contributed by atoms with Crippen molar-refractivity contribution in [2.24, 2.45) is 0 Å². The maximum absolute atomic E-state index is 12.5. The number of hydrogen-bond donors (Lipinski definition) is 2. The molecule has 2 aromatic carbocycles. The number of benzene rings is 2. The molecule has 0 saturated carbocycles. The van der Waals surface area contributed by atoms with E-state index in [9.17, 15) is 9.59 Å². The summed E-state index contributed by atoms with van der Waals surface area (Å²) in [4.78, 5) is 29.1. The third-order valence-electron chi connectivity index (χ3n) is 4.69. The molecule has 2 amide bonds. The monoisotopic (exact) mass is 411 g/mol. The molecular weight excluding hydrogens is 390 g/mol. The fraction of sp³-hybridized carbons (Fsp3) is 0.286. The highest BCUT2D eigenvalue weighted by Gasteiger charge is 2.22. The molecule has 1 unspecified atom stereocenters. The molecule has 28 heavy (non-hydrogen) atoms. The maximum Gasteiger partial charge on any atom is 0.251 e. The van der Waals surface area contributed by atoms with Crippen LogP contribution < -0.4 is 10.6 Å². The molecule has 4 rings (SSSR count). The predicted octanol–water partition coefficient (Wildman–Crippen LogP) is 3.99. The SMILES string of the molecule is O=C(NC1CCCCNC1=O)c1ccc(CSc2nc3ccccc3s2)cc1. The molecule has 0 spiro atoms. The third kappa shape index (κ3) is 4.54. The Morgan fingerprint density at radius 1 is 1.18 bits per heavy atom. The van der Waals surface area contributed by atoms with Gasteiger partial charge in [0, 0.05) is 17.9 Å². The van der Waals surface area contributed by atoms with Crippen LogP contribution >= 0.6 is 23.1 Å². The normalized spacial score (nSPS) is 17.1. The highest BCUT2D eigenvalue weighted by molar-refractivity contribution is 8.00. The summed E-state index contributed by atoms with van der Waals surface area (Å²) in [7, 11) is 0. The minimum Gasteiger partial charge on any atom is -0.354 e. The van der Waals surface area contributed by atoms with Gasteiger partial charge >= 0.3 is 0 Å². The van der Waals surface area contributed by atoms with Crippen LogP contribution in [-0.2, 0) is 10.5 Å². The Kier molecular flexibility index (Phi) is 5.92. The van der Waals surface area contributed by atoms with Gasteiger partial charge in [-0.2, -0.15) is 0 Å². The number of hydrogen-bond acceptors (Lipinski definition) is 5. The number of nitrogens with zero attached hydrogens (tertiary/aromatic N) is 1. The zero-order chi connectivity index (χ0) is 19.3. The lowest BCUT2D eigenvalue weighted by Crippen LogP contribution is -2.45. The summed E-state index contributed by atoms with van der Waals surface area (Å²) in [5.74, 6) is 0.509. The minimum atomic E-state index is -0.440. The fourth-order valence-corrected chi connectivity index (χ4v) is 5.15. The highest BCUT2D eigenvalue weighted by Crippen LogP contribution is 2.31. The Morgan fingerprint density at radius 2 is 2.00 bits per heavy atom. The number of amides is 2. The van der Waals surface area contributed by atoms with E-state index in [-0.39, 0.29) is 11.8 Å². The summed E-state index contributed by atoms with van der Waals surface area (Å²) in [5, 5.41) is 5.69. The van der Waals surface area contributed by atoms with Crippen LogP contribution in [0.2, 0.25) is 0 Å². The van der Waals surface area contributed by atoms with E-state index in [0.717, 1.165) is 34.0 Å². The Labute approximate surface area is 171 Å². The van der Waals surface area contributed by atoms with E-state index in [2.05, 4.69) is 21.7 Å². The summed E-state index contributed by atoms with van der Waals surface area (Å²) >= 11 is 3.39. The fourth-order valence-electron chi connectivity index (χ4n) is 3.13. The molecule has 2 heterocycles. The van der Waals surface area contributed by atoms with E-state index in [4.69, 9.17) is 0 Å². The van der Waals surface area contributed by atoms with Gasteiger partial charge in [-0.25, -0.2) is 4.98 Å². The van der Waals surface area contributed by atoms with Gasteiger partial charge in [0.25, 0.3) is 5.91 Å². The van der Waals surface area contributed by atoms with Crippen molar-refractivity contribution < 1.29 is 9.59 Å². The van der Waals surface area contributed by atoms with Gasteiger partial charge in [0.2, 0.25) is 5.91 Å². The molecule has 1 fully saturated rings. The number of rotatable bonds is 5. The molecular formula is C21H21N3O2S2. The van der Waals surface area contributed by atoms with Crippen LogP contribution in [0.4, 0.5) is 0 Å². The van der Waals surface area contributed by atoms with Gasteiger partial charge in [0.1, 0.15) is 6.04 Å². The molecule has 1 aliphatic heterocycles. The number of carbonyl (C=O) groups is 2. The summed E-state index contributed by atoms with van der Waals surface area (Å²) in [5.41, 5.74) is 2.74. The molecule has 0 aliphatic carbocycles. The Hall–Kier alpha value is -2.38. The number of aromatic nitrogens is 1. The third-order valence-corrected chi connectivity index (χ3v) is 6.94. The van der Waals surface area contributed by atoms with Crippen LogP contribution in [0.1, 0.15) is 35.2 Å². The second-order valence-corrected chi connectivity index (χ2v) is 9.00. The zero-order valence-corrected chi connectivity index (χ0v) is 16.9. The quantitative estimate of drug-likeness (QED) is 0.623. The number of fused-ring (bicyclic) bond motifs is 1. The lowest BCUT2D eigenvalue weighted by atomic mass is 10.1. The molecule has 1 aliphatic rings. The van der Waals surface area contributed by atoms with Crippen molar-refractivity contribution in [2.45, 2.75) is 35.4 Å². The Bertz CT molecular complexity index is 952. The van der Waals surface area contributed by atoms with E-state index in [1.54, 1.807) is 23.1 Å². The maximum atomic E-state index is 12.5. The molecule has 1 saturated heterocycles. The first-order valence-corrected chi connectivity index (χ1v) is 11.2. The van der Waals surface area contributed by atoms with E-state index < -0.39 is 6.04 Å². The predicted molar refractivity (Wildman–Crippen MR) is 114 cm³/mol. The number of nitrogens with one attached hydrogen (secondary N) is 2. The van der Waals surface area contributed by atoms with Crippen molar-refractivity contribution in [3.05, 3.63) is 59.7 Å². The van der Waals surface area contributed by atoms with Crippen molar-refractivity contribution in [2.75, 3.05) is 6.54 Å².